The molecule has 2 saturated heterocycles. The van der Waals surface area contributed by atoms with Crippen LogP contribution in [0.2, 0.25) is 0 Å². The van der Waals surface area contributed by atoms with E-state index in [-0.39, 0.29) is 36.2 Å². The van der Waals surface area contributed by atoms with E-state index in [4.69, 9.17) is 11.5 Å². The third-order valence-electron chi connectivity index (χ3n) is 7.02. The van der Waals surface area contributed by atoms with Crippen molar-refractivity contribution in [2.45, 2.75) is 57.8 Å². The van der Waals surface area contributed by atoms with Crippen LogP contribution in [0.25, 0.3) is 5.69 Å². The van der Waals surface area contributed by atoms with Gasteiger partial charge >= 0.3 is 11.7 Å². The Balaban J connectivity index is 0.00000400. The Hall–Kier alpha value is -2.99. The number of carbonyl (C=O) groups excluding carboxylic acids is 2. The summed E-state index contributed by atoms with van der Waals surface area (Å²) in [7, 11) is 0. The number of rotatable bonds is 5. The average molecular weight is 547 g/mol. The van der Waals surface area contributed by atoms with Crippen molar-refractivity contribution in [3.05, 3.63) is 52.6 Å². The molecule has 0 radical (unpaired) electrons. The van der Waals surface area contributed by atoms with Gasteiger partial charge in [-0.15, -0.1) is 12.4 Å². The number of halogens is 1. The second kappa shape index (κ2) is 12.2. The second-order valence-electron chi connectivity index (χ2n) is 10.7. The molecule has 0 unspecified atom stereocenters. The van der Waals surface area contributed by atoms with Crippen LogP contribution in [0, 0.1) is 0 Å². The fraction of sp³-hybridized carbons (Fsp3) is 0.538. The van der Waals surface area contributed by atoms with Crippen LogP contribution in [-0.4, -0.2) is 86.5 Å². The lowest BCUT2D eigenvalue weighted by molar-refractivity contribution is -0.138. The number of nitrogens with two attached hydrogens (primary N) is 2. The van der Waals surface area contributed by atoms with Crippen LogP contribution in [0.1, 0.15) is 39.2 Å². The van der Waals surface area contributed by atoms with Crippen LogP contribution in [0.5, 0.6) is 0 Å². The molecule has 1 aromatic heterocycles. The zero-order valence-corrected chi connectivity index (χ0v) is 23.1. The molecular formula is C26H39ClN8O3. The van der Waals surface area contributed by atoms with Crippen molar-refractivity contribution >= 4 is 30.2 Å². The number of likely N-dealkylation sites (tertiary alicyclic amines) is 1. The van der Waals surface area contributed by atoms with E-state index in [1.165, 1.54) is 10.1 Å². The molecule has 4 rings (SSSR count). The minimum Gasteiger partial charge on any atom is -0.337 e. The van der Waals surface area contributed by atoms with E-state index < -0.39 is 11.2 Å². The van der Waals surface area contributed by atoms with E-state index in [0.29, 0.717) is 31.4 Å². The van der Waals surface area contributed by atoms with E-state index in [9.17, 15) is 14.4 Å². The van der Waals surface area contributed by atoms with Crippen molar-refractivity contribution in [2.24, 2.45) is 11.5 Å². The van der Waals surface area contributed by atoms with Crippen LogP contribution in [-0.2, 0) is 11.3 Å². The topological polar surface area (TPSA) is 143 Å². The van der Waals surface area contributed by atoms with E-state index in [0.717, 1.165) is 32.5 Å². The molecule has 2 aliphatic rings. The number of nitrogens with zero attached hydrogens (tertiary/aromatic N) is 5. The molecule has 2 fully saturated rings. The Bertz CT molecular complexity index is 1170. The van der Waals surface area contributed by atoms with Crippen molar-refractivity contribution in [1.82, 2.24) is 24.3 Å². The number of aromatic nitrogens is 2. The summed E-state index contributed by atoms with van der Waals surface area (Å²) in [5, 5.41) is 2.71. The molecule has 3 heterocycles. The number of piperazine rings is 1. The fourth-order valence-corrected chi connectivity index (χ4v) is 4.83. The fourth-order valence-electron chi connectivity index (χ4n) is 4.83. The summed E-state index contributed by atoms with van der Waals surface area (Å²) in [6.07, 6.45) is 3.64. The molecule has 2 aliphatic heterocycles. The van der Waals surface area contributed by atoms with Crippen molar-refractivity contribution in [1.29, 1.82) is 0 Å². The number of hydrogen-bond acceptors (Lipinski definition) is 7. The molecule has 11 nitrogen and oxygen atoms in total. The highest BCUT2D eigenvalue weighted by atomic mass is 35.5. The highest BCUT2D eigenvalue weighted by Crippen LogP contribution is 2.17. The van der Waals surface area contributed by atoms with Crippen LogP contribution >= 0.6 is 12.4 Å². The number of urea groups is 1. The zero-order chi connectivity index (χ0) is 26.7. The normalized spacial score (nSPS) is 19.1. The first kappa shape index (κ1) is 29.6. The second-order valence-corrected chi connectivity index (χ2v) is 10.7. The van der Waals surface area contributed by atoms with Gasteiger partial charge in [0, 0.05) is 44.5 Å². The number of hydrogen-bond donors (Lipinski definition) is 3. The Morgan fingerprint density at radius 2 is 1.74 bits per heavy atom. The number of nitrogens with one attached hydrogen (secondary N) is 1. The number of piperidine rings is 1. The van der Waals surface area contributed by atoms with Crippen molar-refractivity contribution in [2.75, 3.05) is 38.0 Å². The van der Waals surface area contributed by atoms with Gasteiger partial charge in [0.25, 0.3) is 0 Å². The quantitative estimate of drug-likeness (QED) is 0.514. The van der Waals surface area contributed by atoms with Gasteiger partial charge in [-0.2, -0.15) is 4.98 Å². The molecule has 208 valence electrons. The maximum Gasteiger partial charge on any atom is 0.354 e. The predicted octanol–water partition coefficient (Wildman–Crippen LogP) is 1.38. The average Bonchev–Trinajstić information content (AvgIpc) is 2.85. The lowest BCUT2D eigenvalue weighted by atomic mass is 10.0. The number of benzene rings is 1. The van der Waals surface area contributed by atoms with Gasteiger partial charge in [0.05, 0.1) is 11.2 Å². The Morgan fingerprint density at radius 3 is 2.32 bits per heavy atom. The first-order valence-corrected chi connectivity index (χ1v) is 12.8. The zero-order valence-electron chi connectivity index (χ0n) is 22.3. The monoisotopic (exact) mass is 546 g/mol. The first-order chi connectivity index (χ1) is 17.5. The van der Waals surface area contributed by atoms with Gasteiger partial charge in [0.1, 0.15) is 5.82 Å². The molecule has 2 aromatic rings. The lowest BCUT2D eigenvalue weighted by Crippen LogP contribution is -2.61. The van der Waals surface area contributed by atoms with Crippen LogP contribution in [0.4, 0.5) is 10.6 Å². The molecular weight excluding hydrogens is 508 g/mol. The van der Waals surface area contributed by atoms with Crippen molar-refractivity contribution < 1.29 is 9.59 Å². The first-order valence-electron chi connectivity index (χ1n) is 12.8. The third kappa shape index (κ3) is 7.10. The predicted molar refractivity (Wildman–Crippen MR) is 150 cm³/mol. The molecule has 1 atom stereocenters. The largest absolute Gasteiger partial charge is 0.354 e. The molecule has 0 saturated carbocycles. The minimum absolute atomic E-state index is 0. The third-order valence-corrected chi connectivity index (χ3v) is 7.02. The van der Waals surface area contributed by atoms with Crippen LogP contribution < -0.4 is 22.5 Å². The van der Waals surface area contributed by atoms with Gasteiger partial charge in [0.15, 0.2) is 0 Å². The number of anilines is 1. The molecule has 38 heavy (non-hydrogen) atoms. The Labute approximate surface area is 229 Å². The SMILES string of the molecule is C[C@@H]1CN(C(=O)C(C)(C)N)CCN1C(=O)Nc1ccn(-c2ccc(CN3CCC(N)CC3)cc2)c(=O)n1.Cl. The summed E-state index contributed by atoms with van der Waals surface area (Å²) in [5.41, 5.74) is 12.4. The smallest absolute Gasteiger partial charge is 0.337 e. The van der Waals surface area contributed by atoms with Crippen LogP contribution in [0.15, 0.2) is 41.3 Å². The summed E-state index contributed by atoms with van der Waals surface area (Å²) >= 11 is 0. The van der Waals surface area contributed by atoms with Gasteiger partial charge in [-0.3, -0.25) is 19.6 Å². The van der Waals surface area contributed by atoms with E-state index in [1.54, 1.807) is 35.9 Å². The molecule has 0 spiro atoms. The Kier molecular flexibility index (Phi) is 9.53. The number of amides is 3. The maximum atomic E-state index is 12.9. The highest BCUT2D eigenvalue weighted by molar-refractivity contribution is 5.89. The van der Waals surface area contributed by atoms with E-state index in [1.807, 2.05) is 31.2 Å². The minimum atomic E-state index is -0.958. The summed E-state index contributed by atoms with van der Waals surface area (Å²) in [6.45, 7) is 9.23. The van der Waals surface area contributed by atoms with E-state index >= 15 is 0 Å². The summed E-state index contributed by atoms with van der Waals surface area (Å²) < 4.78 is 1.45. The van der Waals surface area contributed by atoms with Gasteiger partial charge in [-0.25, -0.2) is 9.59 Å². The number of carbonyl (C=O) groups is 2. The van der Waals surface area contributed by atoms with Gasteiger partial charge in [0.2, 0.25) is 5.91 Å². The summed E-state index contributed by atoms with van der Waals surface area (Å²) in [4.78, 5) is 47.8. The Morgan fingerprint density at radius 1 is 1.08 bits per heavy atom. The van der Waals surface area contributed by atoms with Gasteiger partial charge in [-0.1, -0.05) is 12.1 Å². The molecule has 0 bridgehead atoms. The maximum absolute atomic E-state index is 12.9. The highest BCUT2D eigenvalue weighted by Gasteiger charge is 2.34. The van der Waals surface area contributed by atoms with Gasteiger partial charge < -0.3 is 21.3 Å². The molecule has 3 amide bonds. The van der Waals surface area contributed by atoms with Crippen molar-refractivity contribution in [3.8, 4) is 5.69 Å². The standard InChI is InChI=1S/C26H38N8O3.ClH/c1-18-16-32(23(35)26(2,3)28)14-15-33(18)24(36)29-22-10-13-34(25(37)30-22)21-6-4-19(5-7-21)17-31-11-8-20(27)9-12-31;/h4-7,10,13,18,20H,8-9,11-12,14-17,27-28H2,1-3H3,(H,29,30,36,37);1H/t18-;/m1./s1. The molecule has 5 N–H and O–H groups in total. The summed E-state index contributed by atoms with van der Waals surface area (Å²) in [5.74, 6) is 0.0360. The lowest BCUT2D eigenvalue weighted by Gasteiger charge is -2.41. The molecule has 12 heteroatoms. The molecule has 1 aromatic carbocycles. The van der Waals surface area contributed by atoms with Crippen LogP contribution in [0.3, 0.4) is 0 Å². The van der Waals surface area contributed by atoms with E-state index in [2.05, 4.69) is 15.2 Å². The summed E-state index contributed by atoms with van der Waals surface area (Å²) in [6, 6.07) is 9.17. The molecule has 0 aliphatic carbocycles. The van der Waals surface area contributed by atoms with Crippen molar-refractivity contribution in [3.63, 3.8) is 0 Å². The van der Waals surface area contributed by atoms with Gasteiger partial charge in [-0.05, 0) is 70.5 Å².